The van der Waals surface area contributed by atoms with Crippen LogP contribution in [0.1, 0.15) is 5.56 Å². The number of esters is 1. The smallest absolute Gasteiger partial charge is 0.469 e. The van der Waals surface area contributed by atoms with E-state index in [0.717, 1.165) is 7.11 Å². The number of carbonyl (C=O) groups excluding carboxylic acids is 1. The maximum atomic E-state index is 12.1. The van der Waals surface area contributed by atoms with Gasteiger partial charge in [-0.15, -0.1) is 13.2 Å². The van der Waals surface area contributed by atoms with Crippen LogP contribution >= 0.6 is 22.6 Å². The van der Waals surface area contributed by atoms with Crippen molar-refractivity contribution in [2.75, 3.05) is 7.11 Å². The maximum absolute atomic E-state index is 12.1. The molecule has 0 aromatic carbocycles. The second-order valence-electron chi connectivity index (χ2n) is 3.30. The summed E-state index contributed by atoms with van der Waals surface area (Å²) >= 11 is 1.39. The molecule has 0 amide bonds. The topological polar surface area (TPSA) is 91.6 Å². The molecule has 1 aromatic rings. The zero-order chi connectivity index (χ0) is 15.5. The minimum absolute atomic E-state index is 0.253. The SMILES string of the molecule is COC(=O)Cc1c([N+](=O)[O-])cnc(OC(F)(F)F)c1I. The summed E-state index contributed by atoms with van der Waals surface area (Å²) in [6, 6.07) is 0. The first-order valence-electron chi connectivity index (χ1n) is 4.80. The van der Waals surface area contributed by atoms with E-state index in [-0.39, 0.29) is 9.13 Å². The summed E-state index contributed by atoms with van der Waals surface area (Å²) in [5, 5.41) is 10.8. The van der Waals surface area contributed by atoms with Crippen LogP contribution in [0.15, 0.2) is 6.20 Å². The zero-order valence-electron chi connectivity index (χ0n) is 9.73. The highest BCUT2D eigenvalue weighted by atomic mass is 127. The largest absolute Gasteiger partial charge is 0.574 e. The summed E-state index contributed by atoms with van der Waals surface area (Å²) in [5.74, 6) is -1.70. The fraction of sp³-hybridized carbons (Fsp3) is 0.333. The molecular weight excluding hydrogens is 400 g/mol. The fourth-order valence-electron chi connectivity index (χ4n) is 1.22. The zero-order valence-corrected chi connectivity index (χ0v) is 11.9. The maximum Gasteiger partial charge on any atom is 0.574 e. The average molecular weight is 406 g/mol. The van der Waals surface area contributed by atoms with Gasteiger partial charge >= 0.3 is 12.3 Å². The van der Waals surface area contributed by atoms with E-state index < -0.39 is 35.2 Å². The molecular formula is C9H6F3IN2O5. The minimum Gasteiger partial charge on any atom is -0.469 e. The molecule has 0 atom stereocenters. The van der Waals surface area contributed by atoms with Gasteiger partial charge in [-0.25, -0.2) is 4.98 Å². The van der Waals surface area contributed by atoms with E-state index in [1.54, 1.807) is 0 Å². The van der Waals surface area contributed by atoms with Crippen molar-refractivity contribution in [1.29, 1.82) is 0 Å². The van der Waals surface area contributed by atoms with Crippen molar-refractivity contribution >= 4 is 34.2 Å². The highest BCUT2D eigenvalue weighted by molar-refractivity contribution is 14.1. The number of hydrogen-bond acceptors (Lipinski definition) is 6. The van der Waals surface area contributed by atoms with E-state index in [1.165, 1.54) is 22.6 Å². The predicted molar refractivity (Wildman–Crippen MR) is 66.0 cm³/mol. The molecule has 0 spiro atoms. The van der Waals surface area contributed by atoms with Crippen molar-refractivity contribution in [3.05, 3.63) is 25.4 Å². The van der Waals surface area contributed by atoms with Gasteiger partial charge in [0.15, 0.2) is 0 Å². The van der Waals surface area contributed by atoms with Crippen molar-refractivity contribution in [3.63, 3.8) is 0 Å². The molecule has 0 radical (unpaired) electrons. The molecule has 110 valence electrons. The van der Waals surface area contributed by atoms with Crippen molar-refractivity contribution in [2.45, 2.75) is 12.8 Å². The van der Waals surface area contributed by atoms with Crippen LogP contribution < -0.4 is 4.74 Å². The van der Waals surface area contributed by atoms with E-state index in [2.05, 4.69) is 14.5 Å². The number of halogens is 4. The van der Waals surface area contributed by atoms with Gasteiger partial charge in [-0.2, -0.15) is 0 Å². The molecule has 0 N–H and O–H groups in total. The second kappa shape index (κ2) is 6.19. The number of rotatable bonds is 4. The molecule has 0 aliphatic carbocycles. The van der Waals surface area contributed by atoms with E-state index in [0.29, 0.717) is 6.20 Å². The van der Waals surface area contributed by atoms with Crippen LogP contribution in [0.25, 0.3) is 0 Å². The van der Waals surface area contributed by atoms with E-state index >= 15 is 0 Å². The lowest BCUT2D eigenvalue weighted by Crippen LogP contribution is -2.20. The molecule has 11 heteroatoms. The molecule has 0 bridgehead atoms. The van der Waals surface area contributed by atoms with Crippen LogP contribution in [0, 0.1) is 13.7 Å². The average Bonchev–Trinajstić information content (AvgIpc) is 2.32. The summed E-state index contributed by atoms with van der Waals surface area (Å²) in [6.45, 7) is 0. The molecule has 0 aliphatic heterocycles. The molecule has 0 unspecified atom stereocenters. The van der Waals surface area contributed by atoms with Crippen LogP contribution in [0.2, 0.25) is 0 Å². The lowest BCUT2D eigenvalue weighted by Gasteiger charge is -2.11. The van der Waals surface area contributed by atoms with Gasteiger partial charge in [-0.05, 0) is 22.6 Å². The van der Waals surface area contributed by atoms with Gasteiger partial charge in [0.1, 0.15) is 6.20 Å². The number of pyridine rings is 1. The molecule has 1 aromatic heterocycles. The Bertz CT molecular complexity index is 549. The van der Waals surface area contributed by atoms with Gasteiger partial charge in [-0.1, -0.05) is 0 Å². The van der Waals surface area contributed by atoms with E-state index in [1.807, 2.05) is 0 Å². The molecule has 0 fully saturated rings. The lowest BCUT2D eigenvalue weighted by molar-refractivity contribution is -0.386. The lowest BCUT2D eigenvalue weighted by atomic mass is 10.1. The second-order valence-corrected chi connectivity index (χ2v) is 4.38. The van der Waals surface area contributed by atoms with Gasteiger partial charge < -0.3 is 9.47 Å². The first kappa shape index (κ1) is 16.4. The molecule has 1 heterocycles. The van der Waals surface area contributed by atoms with Crippen LogP contribution in [0.5, 0.6) is 5.88 Å². The number of carbonyl (C=O) groups is 1. The van der Waals surface area contributed by atoms with Crippen molar-refractivity contribution < 1.29 is 32.4 Å². The third-order valence-electron chi connectivity index (χ3n) is 2.02. The Hall–Kier alpha value is -1.66. The Morgan fingerprint density at radius 2 is 2.15 bits per heavy atom. The third-order valence-corrected chi connectivity index (χ3v) is 3.14. The number of hydrogen-bond donors (Lipinski definition) is 0. The van der Waals surface area contributed by atoms with Gasteiger partial charge in [0.25, 0.3) is 5.69 Å². The summed E-state index contributed by atoms with van der Waals surface area (Å²) in [4.78, 5) is 24.3. The van der Waals surface area contributed by atoms with Crippen LogP contribution in [0.4, 0.5) is 18.9 Å². The quantitative estimate of drug-likeness (QED) is 0.330. The Morgan fingerprint density at radius 3 is 2.60 bits per heavy atom. The number of methoxy groups -OCH3 is 1. The molecule has 0 aliphatic rings. The van der Waals surface area contributed by atoms with Crippen LogP contribution in [-0.4, -0.2) is 29.3 Å². The Balaban J connectivity index is 3.30. The Morgan fingerprint density at radius 1 is 1.55 bits per heavy atom. The van der Waals surface area contributed by atoms with Gasteiger partial charge in [0.05, 0.1) is 27.6 Å². The standard InChI is InChI=1S/C9H6F3IN2O5/c1-19-6(16)2-4-5(15(17)18)3-14-8(7(4)13)20-9(10,11)12/h3H,2H2,1H3. The molecule has 0 saturated heterocycles. The van der Waals surface area contributed by atoms with Crippen LogP contribution in [-0.2, 0) is 16.0 Å². The normalized spacial score (nSPS) is 11.1. The highest BCUT2D eigenvalue weighted by Gasteiger charge is 2.34. The monoisotopic (exact) mass is 406 g/mol. The van der Waals surface area contributed by atoms with E-state index in [9.17, 15) is 28.1 Å². The first-order valence-corrected chi connectivity index (χ1v) is 5.88. The summed E-state index contributed by atoms with van der Waals surface area (Å²) in [7, 11) is 1.05. The number of ether oxygens (including phenoxy) is 2. The van der Waals surface area contributed by atoms with Crippen molar-refractivity contribution in [2.24, 2.45) is 0 Å². The summed E-state index contributed by atoms with van der Waals surface area (Å²) < 4.78 is 44.1. The number of alkyl halides is 3. The molecule has 1 rings (SSSR count). The van der Waals surface area contributed by atoms with Crippen molar-refractivity contribution in [1.82, 2.24) is 4.98 Å². The molecule has 0 saturated carbocycles. The number of nitrogens with zero attached hydrogens (tertiary/aromatic N) is 2. The third kappa shape index (κ3) is 4.18. The van der Waals surface area contributed by atoms with Gasteiger partial charge in [0, 0.05) is 0 Å². The summed E-state index contributed by atoms with van der Waals surface area (Å²) in [6.07, 6.45) is -4.96. The first-order chi connectivity index (χ1) is 9.15. The minimum atomic E-state index is -4.99. The number of aromatic nitrogens is 1. The fourth-order valence-corrected chi connectivity index (χ4v) is 1.94. The number of nitro groups is 1. The molecule has 20 heavy (non-hydrogen) atoms. The highest BCUT2D eigenvalue weighted by Crippen LogP contribution is 2.32. The van der Waals surface area contributed by atoms with Gasteiger partial charge in [-0.3, -0.25) is 14.9 Å². The Kier molecular flexibility index (Phi) is 5.08. The Labute approximate surface area is 123 Å². The van der Waals surface area contributed by atoms with Crippen molar-refractivity contribution in [3.8, 4) is 5.88 Å². The van der Waals surface area contributed by atoms with Crippen LogP contribution in [0.3, 0.4) is 0 Å². The predicted octanol–water partition coefficient (Wildman–Crippen LogP) is 2.21. The summed E-state index contributed by atoms with van der Waals surface area (Å²) in [5.41, 5.74) is -0.842. The van der Waals surface area contributed by atoms with Gasteiger partial charge in [0.2, 0.25) is 5.88 Å². The van der Waals surface area contributed by atoms with E-state index in [4.69, 9.17) is 0 Å². The molecule has 7 nitrogen and oxygen atoms in total.